The van der Waals surface area contributed by atoms with Crippen molar-refractivity contribution in [3.8, 4) is 0 Å². The SMILES string of the molecule is CNc1cccc(NC2CCC(=O)N(C)C2)n1. The van der Waals surface area contributed by atoms with Crippen molar-refractivity contribution in [3.63, 3.8) is 0 Å². The van der Waals surface area contributed by atoms with Gasteiger partial charge in [-0.25, -0.2) is 4.98 Å². The van der Waals surface area contributed by atoms with Crippen LogP contribution in [0, 0.1) is 0 Å². The molecule has 1 atom stereocenters. The molecule has 1 aliphatic heterocycles. The van der Waals surface area contributed by atoms with E-state index in [1.165, 1.54) is 0 Å². The number of hydrogen-bond donors (Lipinski definition) is 2. The largest absolute Gasteiger partial charge is 0.373 e. The molecule has 5 nitrogen and oxygen atoms in total. The van der Waals surface area contributed by atoms with E-state index in [0.717, 1.165) is 24.6 Å². The van der Waals surface area contributed by atoms with E-state index in [9.17, 15) is 4.79 Å². The molecule has 2 rings (SSSR count). The summed E-state index contributed by atoms with van der Waals surface area (Å²) in [7, 11) is 3.69. The van der Waals surface area contributed by atoms with Crippen LogP contribution in [0.5, 0.6) is 0 Å². The molecular formula is C12H18N4O. The summed E-state index contributed by atoms with van der Waals surface area (Å²) < 4.78 is 0. The quantitative estimate of drug-likeness (QED) is 0.824. The van der Waals surface area contributed by atoms with Gasteiger partial charge in [-0.05, 0) is 18.6 Å². The smallest absolute Gasteiger partial charge is 0.222 e. The number of aromatic nitrogens is 1. The number of pyridine rings is 1. The molecule has 0 aliphatic carbocycles. The number of likely N-dealkylation sites (tertiary alicyclic amines) is 1. The molecule has 1 amide bonds. The zero-order chi connectivity index (χ0) is 12.3. The van der Waals surface area contributed by atoms with E-state index in [4.69, 9.17) is 0 Å². The molecule has 2 N–H and O–H groups in total. The number of hydrogen-bond acceptors (Lipinski definition) is 4. The van der Waals surface area contributed by atoms with Crippen molar-refractivity contribution in [2.24, 2.45) is 0 Å². The standard InChI is InChI=1S/C12H18N4O/c1-13-10-4-3-5-11(15-10)14-9-6-7-12(17)16(2)8-9/h3-5,9H,6-8H2,1-2H3,(H2,13,14,15). The maximum atomic E-state index is 11.4. The van der Waals surface area contributed by atoms with Crippen molar-refractivity contribution >= 4 is 17.5 Å². The van der Waals surface area contributed by atoms with E-state index >= 15 is 0 Å². The van der Waals surface area contributed by atoms with Crippen molar-refractivity contribution in [1.82, 2.24) is 9.88 Å². The lowest BCUT2D eigenvalue weighted by Gasteiger charge is -2.30. The third kappa shape index (κ3) is 2.87. The third-order valence-corrected chi connectivity index (χ3v) is 2.98. The second kappa shape index (κ2) is 5.03. The molecule has 0 saturated carbocycles. The van der Waals surface area contributed by atoms with Crippen LogP contribution in [0.1, 0.15) is 12.8 Å². The van der Waals surface area contributed by atoms with Gasteiger partial charge in [0.1, 0.15) is 11.6 Å². The fourth-order valence-electron chi connectivity index (χ4n) is 1.99. The zero-order valence-electron chi connectivity index (χ0n) is 10.2. The molecule has 2 heterocycles. The summed E-state index contributed by atoms with van der Waals surface area (Å²) in [6, 6.07) is 6.11. The van der Waals surface area contributed by atoms with Gasteiger partial charge in [0.05, 0.1) is 0 Å². The minimum Gasteiger partial charge on any atom is -0.373 e. The van der Waals surface area contributed by atoms with Crippen LogP contribution in [0.25, 0.3) is 0 Å². The van der Waals surface area contributed by atoms with Crippen LogP contribution in [0.15, 0.2) is 18.2 Å². The number of amides is 1. The summed E-state index contributed by atoms with van der Waals surface area (Å²) in [4.78, 5) is 17.5. The molecule has 1 fully saturated rings. The maximum Gasteiger partial charge on any atom is 0.222 e. The van der Waals surface area contributed by atoms with Crippen LogP contribution < -0.4 is 10.6 Å². The van der Waals surface area contributed by atoms with E-state index in [-0.39, 0.29) is 11.9 Å². The third-order valence-electron chi connectivity index (χ3n) is 2.98. The summed E-state index contributed by atoms with van der Waals surface area (Å²) in [5, 5.41) is 6.37. The first kappa shape index (κ1) is 11.7. The molecule has 1 aliphatic rings. The predicted molar refractivity (Wildman–Crippen MR) is 68.1 cm³/mol. The lowest BCUT2D eigenvalue weighted by atomic mass is 10.1. The summed E-state index contributed by atoms with van der Waals surface area (Å²) in [5.74, 6) is 1.92. The molecule has 0 spiro atoms. The van der Waals surface area contributed by atoms with Crippen LogP contribution in [-0.2, 0) is 4.79 Å². The van der Waals surface area contributed by atoms with Gasteiger partial charge in [-0.2, -0.15) is 0 Å². The minimum atomic E-state index is 0.222. The Morgan fingerprint density at radius 1 is 1.41 bits per heavy atom. The average molecular weight is 234 g/mol. The molecule has 0 bridgehead atoms. The molecule has 0 radical (unpaired) electrons. The van der Waals surface area contributed by atoms with Gasteiger partial charge < -0.3 is 15.5 Å². The van der Waals surface area contributed by atoms with Crippen molar-refractivity contribution in [2.45, 2.75) is 18.9 Å². The van der Waals surface area contributed by atoms with Gasteiger partial charge in [-0.15, -0.1) is 0 Å². The lowest BCUT2D eigenvalue weighted by Crippen LogP contribution is -2.43. The molecule has 5 heteroatoms. The van der Waals surface area contributed by atoms with Gasteiger partial charge in [0.25, 0.3) is 0 Å². The Morgan fingerprint density at radius 3 is 2.88 bits per heavy atom. The van der Waals surface area contributed by atoms with Crippen LogP contribution in [-0.4, -0.2) is 42.5 Å². The first-order valence-corrected chi connectivity index (χ1v) is 5.84. The minimum absolute atomic E-state index is 0.222. The van der Waals surface area contributed by atoms with Crippen LogP contribution >= 0.6 is 0 Å². The summed E-state index contributed by atoms with van der Waals surface area (Å²) in [5.41, 5.74) is 0. The molecule has 1 aromatic rings. The second-order valence-corrected chi connectivity index (χ2v) is 4.31. The van der Waals surface area contributed by atoms with Crippen LogP contribution in [0.3, 0.4) is 0 Å². The van der Waals surface area contributed by atoms with Crippen molar-refractivity contribution in [1.29, 1.82) is 0 Å². The molecular weight excluding hydrogens is 216 g/mol. The van der Waals surface area contributed by atoms with E-state index in [2.05, 4.69) is 15.6 Å². The zero-order valence-corrected chi connectivity index (χ0v) is 10.2. The first-order valence-electron chi connectivity index (χ1n) is 5.84. The summed E-state index contributed by atoms with van der Waals surface area (Å²) in [6.07, 6.45) is 1.48. The number of nitrogens with zero attached hydrogens (tertiary/aromatic N) is 2. The highest BCUT2D eigenvalue weighted by atomic mass is 16.2. The van der Waals surface area contributed by atoms with Crippen molar-refractivity contribution in [3.05, 3.63) is 18.2 Å². The Balaban J connectivity index is 1.98. The number of carbonyl (C=O) groups is 1. The van der Waals surface area contributed by atoms with Gasteiger partial charge in [-0.1, -0.05) is 6.07 Å². The summed E-state index contributed by atoms with van der Waals surface area (Å²) >= 11 is 0. The van der Waals surface area contributed by atoms with E-state index in [1.54, 1.807) is 4.90 Å². The van der Waals surface area contributed by atoms with Crippen LogP contribution in [0.4, 0.5) is 11.6 Å². The van der Waals surface area contributed by atoms with Crippen molar-refractivity contribution < 1.29 is 4.79 Å². The van der Waals surface area contributed by atoms with Gasteiger partial charge in [0.2, 0.25) is 5.91 Å². The number of piperidine rings is 1. The Labute approximate surface area is 101 Å². The Kier molecular flexibility index (Phi) is 3.46. The summed E-state index contributed by atoms with van der Waals surface area (Å²) in [6.45, 7) is 0.740. The average Bonchev–Trinajstić information content (AvgIpc) is 2.34. The van der Waals surface area contributed by atoms with Gasteiger partial charge in [-0.3, -0.25) is 4.79 Å². The highest BCUT2D eigenvalue weighted by molar-refractivity contribution is 5.77. The maximum absolute atomic E-state index is 11.4. The van der Waals surface area contributed by atoms with Gasteiger partial charge in [0, 0.05) is 33.1 Å². The normalized spacial score (nSPS) is 20.2. The van der Waals surface area contributed by atoms with Gasteiger partial charge in [0.15, 0.2) is 0 Å². The molecule has 0 aromatic carbocycles. The molecule has 17 heavy (non-hydrogen) atoms. The molecule has 1 aromatic heterocycles. The number of rotatable bonds is 3. The Bertz CT molecular complexity index is 407. The number of anilines is 2. The highest BCUT2D eigenvalue weighted by Crippen LogP contribution is 2.15. The number of carbonyl (C=O) groups excluding carboxylic acids is 1. The van der Waals surface area contributed by atoms with Gasteiger partial charge >= 0.3 is 0 Å². The van der Waals surface area contributed by atoms with Crippen molar-refractivity contribution in [2.75, 3.05) is 31.3 Å². The number of likely N-dealkylation sites (N-methyl/N-ethyl adjacent to an activating group) is 1. The highest BCUT2D eigenvalue weighted by Gasteiger charge is 2.22. The predicted octanol–water partition coefficient (Wildman–Crippen LogP) is 1.16. The van der Waals surface area contributed by atoms with E-state index in [0.29, 0.717) is 6.42 Å². The topological polar surface area (TPSA) is 57.3 Å². The van der Waals surface area contributed by atoms with E-state index in [1.807, 2.05) is 32.3 Å². The first-order chi connectivity index (χ1) is 8.19. The van der Waals surface area contributed by atoms with E-state index < -0.39 is 0 Å². The Hall–Kier alpha value is -1.78. The molecule has 1 saturated heterocycles. The molecule has 92 valence electrons. The second-order valence-electron chi connectivity index (χ2n) is 4.31. The Morgan fingerprint density at radius 2 is 2.18 bits per heavy atom. The monoisotopic (exact) mass is 234 g/mol. The molecule has 1 unspecified atom stereocenters. The fraction of sp³-hybridized carbons (Fsp3) is 0.500. The van der Waals surface area contributed by atoms with Crippen LogP contribution in [0.2, 0.25) is 0 Å². The lowest BCUT2D eigenvalue weighted by molar-refractivity contribution is -0.132. The number of nitrogens with one attached hydrogen (secondary N) is 2. The fourth-order valence-corrected chi connectivity index (χ4v) is 1.99.